The zero-order valence-electron chi connectivity index (χ0n) is 14.5. The van der Waals surface area contributed by atoms with Gasteiger partial charge in [0.1, 0.15) is 0 Å². The van der Waals surface area contributed by atoms with Gasteiger partial charge in [0.25, 0.3) is 5.91 Å². The number of halogens is 1. The minimum atomic E-state index is -0.00544. The number of hydrogen-bond acceptors (Lipinski definition) is 4. The number of carbonyl (C=O) groups is 1. The van der Waals surface area contributed by atoms with Crippen LogP contribution in [0.4, 0.5) is 0 Å². The predicted octanol–water partition coefficient (Wildman–Crippen LogP) is 4.51. The lowest BCUT2D eigenvalue weighted by molar-refractivity contribution is 0.0951. The Bertz CT molecular complexity index is 761. The molecule has 2 heterocycles. The SMILES string of the molecule is Cl.O=C(NCc1ccc2c(c1)CNC2)c1ccc(C2SCCCS2)cc1. The molecule has 0 radical (unpaired) electrons. The van der Waals surface area contributed by atoms with E-state index in [4.69, 9.17) is 0 Å². The van der Waals surface area contributed by atoms with E-state index in [1.165, 1.54) is 34.6 Å². The first-order chi connectivity index (χ1) is 12.3. The molecule has 0 saturated carbocycles. The van der Waals surface area contributed by atoms with E-state index in [2.05, 4.69) is 41.0 Å². The van der Waals surface area contributed by atoms with Gasteiger partial charge in [-0.25, -0.2) is 0 Å². The van der Waals surface area contributed by atoms with Gasteiger partial charge >= 0.3 is 0 Å². The van der Waals surface area contributed by atoms with Gasteiger partial charge < -0.3 is 10.6 Å². The largest absolute Gasteiger partial charge is 0.348 e. The Kier molecular flexibility index (Phi) is 6.92. The van der Waals surface area contributed by atoms with Crippen LogP contribution in [0.1, 0.15) is 43.6 Å². The molecule has 4 rings (SSSR count). The van der Waals surface area contributed by atoms with Crippen molar-refractivity contribution in [3.63, 3.8) is 0 Å². The van der Waals surface area contributed by atoms with Crippen LogP contribution < -0.4 is 10.6 Å². The first-order valence-corrected chi connectivity index (χ1v) is 10.8. The van der Waals surface area contributed by atoms with Crippen molar-refractivity contribution in [1.29, 1.82) is 0 Å². The maximum atomic E-state index is 12.4. The molecule has 1 amide bonds. The highest BCUT2D eigenvalue weighted by atomic mass is 35.5. The van der Waals surface area contributed by atoms with Crippen molar-refractivity contribution in [2.24, 2.45) is 0 Å². The number of thioether (sulfide) groups is 2. The van der Waals surface area contributed by atoms with Crippen molar-refractivity contribution in [2.75, 3.05) is 11.5 Å². The van der Waals surface area contributed by atoms with Crippen molar-refractivity contribution >= 4 is 41.8 Å². The van der Waals surface area contributed by atoms with Crippen LogP contribution in [-0.4, -0.2) is 17.4 Å². The number of fused-ring (bicyclic) bond motifs is 1. The van der Waals surface area contributed by atoms with E-state index in [9.17, 15) is 4.79 Å². The number of hydrogen-bond donors (Lipinski definition) is 2. The molecule has 0 atom stereocenters. The van der Waals surface area contributed by atoms with Crippen molar-refractivity contribution in [2.45, 2.75) is 30.6 Å². The molecule has 26 heavy (non-hydrogen) atoms. The van der Waals surface area contributed by atoms with E-state index < -0.39 is 0 Å². The lowest BCUT2D eigenvalue weighted by atomic mass is 10.1. The van der Waals surface area contributed by atoms with Crippen LogP contribution in [0, 0.1) is 0 Å². The topological polar surface area (TPSA) is 41.1 Å². The molecule has 2 aromatic rings. The van der Waals surface area contributed by atoms with Crippen LogP contribution in [0.25, 0.3) is 0 Å². The first-order valence-electron chi connectivity index (χ1n) is 8.72. The summed E-state index contributed by atoms with van der Waals surface area (Å²) in [5.41, 5.74) is 5.92. The van der Waals surface area contributed by atoms with Crippen LogP contribution in [0.15, 0.2) is 42.5 Å². The molecule has 1 saturated heterocycles. The monoisotopic (exact) mass is 406 g/mol. The third-order valence-electron chi connectivity index (χ3n) is 4.63. The zero-order valence-corrected chi connectivity index (χ0v) is 16.9. The summed E-state index contributed by atoms with van der Waals surface area (Å²) in [5.74, 6) is 2.46. The maximum Gasteiger partial charge on any atom is 0.251 e. The summed E-state index contributed by atoms with van der Waals surface area (Å²) in [6, 6.07) is 14.6. The molecule has 3 nitrogen and oxygen atoms in total. The summed E-state index contributed by atoms with van der Waals surface area (Å²) < 4.78 is 0.519. The maximum absolute atomic E-state index is 12.4. The van der Waals surface area contributed by atoms with Crippen LogP contribution in [0.2, 0.25) is 0 Å². The number of amides is 1. The van der Waals surface area contributed by atoms with Crippen LogP contribution >= 0.6 is 35.9 Å². The third-order valence-corrected chi connectivity index (χ3v) is 7.64. The summed E-state index contributed by atoms with van der Waals surface area (Å²) in [7, 11) is 0. The molecular weight excluding hydrogens is 384 g/mol. The van der Waals surface area contributed by atoms with Crippen molar-refractivity contribution in [3.8, 4) is 0 Å². The van der Waals surface area contributed by atoms with Crippen molar-refractivity contribution in [1.82, 2.24) is 10.6 Å². The Morgan fingerprint density at radius 2 is 1.77 bits per heavy atom. The Labute approximate surface area is 169 Å². The van der Waals surface area contributed by atoms with E-state index in [0.29, 0.717) is 11.1 Å². The van der Waals surface area contributed by atoms with Crippen molar-refractivity contribution in [3.05, 3.63) is 70.3 Å². The summed E-state index contributed by atoms with van der Waals surface area (Å²) >= 11 is 4.01. The van der Waals surface area contributed by atoms with Gasteiger partial charge in [0.05, 0.1) is 4.58 Å². The summed E-state index contributed by atoms with van der Waals surface area (Å²) in [6.45, 7) is 2.45. The highest BCUT2D eigenvalue weighted by Gasteiger charge is 2.17. The Morgan fingerprint density at radius 1 is 1.04 bits per heavy atom. The van der Waals surface area contributed by atoms with Crippen LogP contribution in [0.5, 0.6) is 0 Å². The van der Waals surface area contributed by atoms with Gasteiger partial charge in [-0.1, -0.05) is 30.3 Å². The molecule has 2 aliphatic heterocycles. The molecule has 0 aliphatic carbocycles. The molecule has 2 aliphatic rings. The van der Waals surface area contributed by atoms with E-state index in [1.807, 2.05) is 35.7 Å². The fourth-order valence-electron chi connectivity index (χ4n) is 3.21. The average molecular weight is 407 g/mol. The Morgan fingerprint density at radius 3 is 2.54 bits per heavy atom. The van der Waals surface area contributed by atoms with Gasteiger partial charge in [-0.05, 0) is 52.3 Å². The highest BCUT2D eigenvalue weighted by molar-refractivity contribution is 8.16. The summed E-state index contributed by atoms with van der Waals surface area (Å²) in [4.78, 5) is 12.4. The van der Waals surface area contributed by atoms with E-state index in [-0.39, 0.29) is 18.3 Å². The minimum Gasteiger partial charge on any atom is -0.348 e. The second-order valence-corrected chi connectivity index (χ2v) is 9.16. The normalized spacial score (nSPS) is 16.6. The molecule has 2 N–H and O–H groups in total. The van der Waals surface area contributed by atoms with Crippen molar-refractivity contribution < 1.29 is 4.79 Å². The Hall–Kier alpha value is -1.14. The second-order valence-electron chi connectivity index (χ2n) is 6.44. The molecular formula is C20H23ClN2OS2. The van der Waals surface area contributed by atoms with Gasteiger partial charge in [-0.3, -0.25) is 4.79 Å². The summed E-state index contributed by atoms with van der Waals surface area (Å²) in [6.07, 6.45) is 1.30. The van der Waals surface area contributed by atoms with E-state index in [0.717, 1.165) is 24.2 Å². The quantitative estimate of drug-likeness (QED) is 0.783. The third kappa shape index (κ3) is 4.58. The van der Waals surface area contributed by atoms with Crippen LogP contribution in [-0.2, 0) is 19.6 Å². The molecule has 6 heteroatoms. The molecule has 2 aromatic carbocycles. The number of carbonyl (C=O) groups excluding carboxylic acids is 1. The smallest absolute Gasteiger partial charge is 0.251 e. The van der Waals surface area contributed by atoms with E-state index in [1.54, 1.807) is 0 Å². The summed E-state index contributed by atoms with van der Waals surface area (Å²) in [5, 5.41) is 6.38. The highest BCUT2D eigenvalue weighted by Crippen LogP contribution is 2.43. The number of rotatable bonds is 4. The Balaban J connectivity index is 0.00000196. The molecule has 0 aromatic heterocycles. The van der Waals surface area contributed by atoms with Gasteiger partial charge in [-0.15, -0.1) is 35.9 Å². The molecule has 138 valence electrons. The standard InChI is InChI=1S/C20H22N2OS2.ClH/c23-19(22-11-14-2-3-17-12-21-13-18(17)10-14)15-4-6-16(7-5-15)20-24-8-1-9-25-20;/h2-7,10,20-21H,1,8-9,11-13H2,(H,22,23);1H. The predicted molar refractivity (Wildman–Crippen MR) is 114 cm³/mol. The molecule has 0 bridgehead atoms. The first kappa shape index (κ1) is 19.6. The number of nitrogens with one attached hydrogen (secondary N) is 2. The molecule has 0 unspecified atom stereocenters. The van der Waals surface area contributed by atoms with Gasteiger partial charge in [-0.2, -0.15) is 0 Å². The fourth-order valence-corrected chi connectivity index (χ4v) is 6.11. The molecule has 0 spiro atoms. The lowest BCUT2D eigenvalue weighted by Gasteiger charge is -2.21. The lowest BCUT2D eigenvalue weighted by Crippen LogP contribution is -2.22. The average Bonchev–Trinajstić information content (AvgIpc) is 3.15. The fraction of sp³-hybridized carbons (Fsp3) is 0.350. The zero-order chi connectivity index (χ0) is 17.1. The second kappa shape index (κ2) is 9.18. The van der Waals surface area contributed by atoms with Gasteiger partial charge in [0, 0.05) is 25.2 Å². The van der Waals surface area contributed by atoms with Crippen LogP contribution in [0.3, 0.4) is 0 Å². The number of benzene rings is 2. The minimum absolute atomic E-state index is 0. The molecule has 1 fully saturated rings. The van der Waals surface area contributed by atoms with E-state index >= 15 is 0 Å². The van der Waals surface area contributed by atoms with Gasteiger partial charge in [0.2, 0.25) is 0 Å². The van der Waals surface area contributed by atoms with Gasteiger partial charge in [0.15, 0.2) is 0 Å².